The van der Waals surface area contributed by atoms with Crippen LogP contribution in [0.1, 0.15) is 5.56 Å². The third-order valence-electron chi connectivity index (χ3n) is 0.903. The summed E-state index contributed by atoms with van der Waals surface area (Å²) < 4.78 is 0. The Balaban J connectivity index is 0.000000640. The molecule has 0 aliphatic heterocycles. The number of rotatable bonds is 0. The second-order valence-electron chi connectivity index (χ2n) is 1.48. The Morgan fingerprint density at radius 1 is 1.11 bits per heavy atom. The van der Waals surface area contributed by atoms with Gasteiger partial charge in [-0.05, 0) is 12.1 Å². The van der Waals surface area contributed by atoms with Gasteiger partial charge in [-0.15, -0.1) is 0 Å². The average Bonchev–Trinajstić information content (AvgIpc) is 1.90. The van der Waals surface area contributed by atoms with Gasteiger partial charge in [0.05, 0.1) is 11.6 Å². The molecule has 0 saturated heterocycles. The van der Waals surface area contributed by atoms with Crippen LogP contribution in [-0.4, -0.2) is 0 Å². The first-order valence-electron chi connectivity index (χ1n) is 2.38. The van der Waals surface area contributed by atoms with Crippen LogP contribution in [0.4, 0.5) is 0 Å². The van der Waals surface area contributed by atoms with Crippen LogP contribution in [0.2, 0.25) is 0 Å². The minimum absolute atomic E-state index is 0. The molecule has 1 aromatic rings. The molecule has 46 valence electrons. The fourth-order valence-electron chi connectivity index (χ4n) is 0.513. The zero-order chi connectivity index (χ0) is 5.82. The third-order valence-corrected chi connectivity index (χ3v) is 0.903. The van der Waals surface area contributed by atoms with Crippen molar-refractivity contribution in [2.24, 2.45) is 0 Å². The topological polar surface area (TPSA) is 23.8 Å². The number of hydrogen-bond acceptors (Lipinski definition) is 1. The summed E-state index contributed by atoms with van der Waals surface area (Å²) >= 11 is 0. The van der Waals surface area contributed by atoms with Gasteiger partial charge >= 0.3 is 21.1 Å². The standard InChI is InChI=1S/C7H5N.Pt/c8-6-7-4-2-1-3-5-7;/h1-5H;/q;+2. The Morgan fingerprint density at radius 2 is 1.67 bits per heavy atom. The van der Waals surface area contributed by atoms with Gasteiger partial charge in [0.2, 0.25) is 0 Å². The predicted octanol–water partition coefficient (Wildman–Crippen LogP) is 1.56. The minimum Gasteiger partial charge on any atom is -0.192 e. The van der Waals surface area contributed by atoms with E-state index in [9.17, 15) is 0 Å². The number of nitrogens with zero attached hydrogens (tertiary/aromatic N) is 1. The van der Waals surface area contributed by atoms with E-state index in [0.717, 1.165) is 0 Å². The molecule has 0 heterocycles. The fourth-order valence-corrected chi connectivity index (χ4v) is 0.513. The van der Waals surface area contributed by atoms with Crippen molar-refractivity contribution in [3.8, 4) is 6.07 Å². The van der Waals surface area contributed by atoms with E-state index in [4.69, 9.17) is 5.26 Å². The van der Waals surface area contributed by atoms with E-state index < -0.39 is 0 Å². The van der Waals surface area contributed by atoms with Gasteiger partial charge in [0.1, 0.15) is 0 Å². The van der Waals surface area contributed by atoms with Crippen molar-refractivity contribution in [2.75, 3.05) is 0 Å². The second-order valence-corrected chi connectivity index (χ2v) is 1.48. The molecule has 0 radical (unpaired) electrons. The molecule has 0 atom stereocenters. The van der Waals surface area contributed by atoms with Gasteiger partial charge in [-0.1, -0.05) is 18.2 Å². The van der Waals surface area contributed by atoms with Crippen LogP contribution < -0.4 is 0 Å². The number of hydrogen-bond donors (Lipinski definition) is 0. The number of benzene rings is 1. The molecular formula is C7H5NPt+2. The van der Waals surface area contributed by atoms with Crippen molar-refractivity contribution >= 4 is 0 Å². The Labute approximate surface area is 68.6 Å². The van der Waals surface area contributed by atoms with Crippen LogP contribution in [0.15, 0.2) is 30.3 Å². The molecule has 0 bridgehead atoms. The Bertz CT molecular complexity index is 200. The predicted molar refractivity (Wildman–Crippen MR) is 31.2 cm³/mol. The van der Waals surface area contributed by atoms with Crippen molar-refractivity contribution < 1.29 is 21.1 Å². The normalized spacial score (nSPS) is 7.00. The van der Waals surface area contributed by atoms with E-state index in [1.54, 1.807) is 12.1 Å². The van der Waals surface area contributed by atoms with E-state index in [0.29, 0.717) is 5.56 Å². The minimum atomic E-state index is 0. The molecule has 9 heavy (non-hydrogen) atoms. The van der Waals surface area contributed by atoms with E-state index >= 15 is 0 Å². The molecular weight excluding hydrogens is 293 g/mol. The van der Waals surface area contributed by atoms with E-state index in [2.05, 4.69) is 0 Å². The summed E-state index contributed by atoms with van der Waals surface area (Å²) in [5, 5.41) is 8.29. The van der Waals surface area contributed by atoms with Crippen molar-refractivity contribution in [3.05, 3.63) is 35.9 Å². The largest absolute Gasteiger partial charge is 2.00 e. The van der Waals surface area contributed by atoms with Crippen molar-refractivity contribution in [1.82, 2.24) is 0 Å². The van der Waals surface area contributed by atoms with Gasteiger partial charge in [-0.3, -0.25) is 0 Å². The Morgan fingerprint density at radius 3 is 2.00 bits per heavy atom. The van der Waals surface area contributed by atoms with E-state index in [-0.39, 0.29) is 21.1 Å². The van der Waals surface area contributed by atoms with Gasteiger partial charge in [-0.2, -0.15) is 5.26 Å². The van der Waals surface area contributed by atoms with E-state index in [1.807, 2.05) is 24.3 Å². The van der Waals surface area contributed by atoms with Gasteiger partial charge in [-0.25, -0.2) is 0 Å². The Hall–Kier alpha value is -0.602. The first-order valence-corrected chi connectivity index (χ1v) is 2.38. The first kappa shape index (κ1) is 8.40. The van der Waals surface area contributed by atoms with Gasteiger partial charge in [0.25, 0.3) is 0 Å². The van der Waals surface area contributed by atoms with Crippen LogP contribution in [0, 0.1) is 11.3 Å². The molecule has 0 unspecified atom stereocenters. The summed E-state index contributed by atoms with van der Waals surface area (Å²) in [6, 6.07) is 11.2. The molecule has 0 fully saturated rings. The van der Waals surface area contributed by atoms with E-state index in [1.165, 1.54) is 0 Å². The molecule has 0 spiro atoms. The van der Waals surface area contributed by atoms with Gasteiger partial charge in [0, 0.05) is 0 Å². The summed E-state index contributed by atoms with van der Waals surface area (Å²) in [7, 11) is 0. The Kier molecular flexibility index (Phi) is 4.01. The SMILES string of the molecule is N#Cc1ccccc1.[Pt+2]. The molecule has 0 amide bonds. The van der Waals surface area contributed by atoms with Crippen molar-refractivity contribution in [1.29, 1.82) is 5.26 Å². The molecule has 2 heteroatoms. The third kappa shape index (κ3) is 2.44. The van der Waals surface area contributed by atoms with Gasteiger partial charge in [0.15, 0.2) is 0 Å². The maximum atomic E-state index is 8.29. The smallest absolute Gasteiger partial charge is 0.192 e. The van der Waals surface area contributed by atoms with Crippen LogP contribution in [0.3, 0.4) is 0 Å². The summed E-state index contributed by atoms with van der Waals surface area (Å²) in [5.41, 5.74) is 0.715. The fraction of sp³-hybridized carbons (Fsp3) is 0. The molecule has 0 aliphatic rings. The summed E-state index contributed by atoms with van der Waals surface area (Å²) in [4.78, 5) is 0. The van der Waals surface area contributed by atoms with Gasteiger partial charge < -0.3 is 0 Å². The maximum Gasteiger partial charge on any atom is 2.00 e. The maximum absolute atomic E-state index is 8.29. The molecule has 1 nitrogen and oxygen atoms in total. The number of nitriles is 1. The monoisotopic (exact) mass is 298 g/mol. The summed E-state index contributed by atoms with van der Waals surface area (Å²) in [5.74, 6) is 0. The zero-order valence-corrected chi connectivity index (χ0v) is 6.92. The quantitative estimate of drug-likeness (QED) is 0.713. The molecule has 1 aromatic carbocycles. The summed E-state index contributed by atoms with van der Waals surface area (Å²) in [6.07, 6.45) is 0. The van der Waals surface area contributed by atoms with Crippen molar-refractivity contribution in [3.63, 3.8) is 0 Å². The molecule has 1 rings (SSSR count). The molecule has 0 aliphatic carbocycles. The zero-order valence-electron chi connectivity index (χ0n) is 4.65. The summed E-state index contributed by atoms with van der Waals surface area (Å²) in [6.45, 7) is 0. The molecule has 0 saturated carbocycles. The average molecular weight is 298 g/mol. The van der Waals surface area contributed by atoms with Crippen LogP contribution in [0.5, 0.6) is 0 Å². The van der Waals surface area contributed by atoms with Crippen LogP contribution in [-0.2, 0) is 21.1 Å². The first-order chi connectivity index (χ1) is 3.93. The van der Waals surface area contributed by atoms with Crippen molar-refractivity contribution in [2.45, 2.75) is 0 Å². The second kappa shape index (κ2) is 4.29. The van der Waals surface area contributed by atoms with Crippen LogP contribution in [0.25, 0.3) is 0 Å². The van der Waals surface area contributed by atoms with Crippen LogP contribution >= 0.6 is 0 Å². The molecule has 0 aromatic heterocycles. The molecule has 0 N–H and O–H groups in total.